The zero-order valence-electron chi connectivity index (χ0n) is 20.1. The second-order valence-electron chi connectivity index (χ2n) is 7.37. The van der Waals surface area contributed by atoms with E-state index in [1.807, 2.05) is 6.92 Å². The fraction of sp³-hybridized carbons (Fsp3) is 0.864. The maximum Gasteiger partial charge on any atom is 1.00 e. The standard InChI is InChI=1S/C22H42O5S.Na.H/c1-3-5-7-8-9-10-11-12-13-14-15-16-17-18-19-20-22(23)27-28(24,25)26-21-6-4-2;;/h12-13H,3-11,14-21H2,1-2H3;;/q;+1;-1/b13-12-;;. The van der Waals surface area contributed by atoms with Crippen LogP contribution in [0.1, 0.15) is 118 Å². The Morgan fingerprint density at radius 2 is 1.24 bits per heavy atom. The van der Waals surface area contributed by atoms with Gasteiger partial charge in [-0.15, -0.1) is 0 Å². The Labute approximate surface area is 203 Å². The number of rotatable bonds is 20. The predicted octanol–water partition coefficient (Wildman–Crippen LogP) is 3.75. The van der Waals surface area contributed by atoms with Gasteiger partial charge in [0.25, 0.3) is 0 Å². The van der Waals surface area contributed by atoms with Gasteiger partial charge in [-0.25, -0.2) is 4.18 Å². The first kappa shape index (κ1) is 31.3. The summed E-state index contributed by atoms with van der Waals surface area (Å²) in [5.74, 6) is -0.728. The quantitative estimate of drug-likeness (QED) is 0.163. The first-order valence-electron chi connectivity index (χ1n) is 11.3. The number of allylic oxidation sites excluding steroid dienone is 2. The van der Waals surface area contributed by atoms with E-state index in [2.05, 4.69) is 27.4 Å². The van der Waals surface area contributed by atoms with Crippen molar-refractivity contribution < 1.29 is 52.6 Å². The molecule has 0 aromatic heterocycles. The van der Waals surface area contributed by atoms with E-state index in [4.69, 9.17) is 0 Å². The van der Waals surface area contributed by atoms with Crippen LogP contribution < -0.4 is 29.6 Å². The van der Waals surface area contributed by atoms with E-state index in [1.165, 1.54) is 44.9 Å². The van der Waals surface area contributed by atoms with E-state index in [1.54, 1.807) is 0 Å². The third-order valence-electron chi connectivity index (χ3n) is 4.56. The SMILES string of the molecule is CCCCCCCC/C=C\CCCCCCCC(=O)OS(=O)(=O)OCCCC.[H-].[Na+]. The molecule has 0 amide bonds. The Hall–Kier alpha value is 0.120. The van der Waals surface area contributed by atoms with Gasteiger partial charge in [0.05, 0.1) is 6.61 Å². The molecule has 0 N–H and O–H groups in total. The van der Waals surface area contributed by atoms with E-state index in [9.17, 15) is 13.2 Å². The minimum Gasteiger partial charge on any atom is -1.00 e. The predicted molar refractivity (Wildman–Crippen MR) is 116 cm³/mol. The number of carbonyl (C=O) groups is 1. The van der Waals surface area contributed by atoms with Gasteiger partial charge in [-0.2, -0.15) is 8.42 Å². The number of carbonyl (C=O) groups excluding carboxylic acids is 1. The molecule has 7 heteroatoms. The van der Waals surface area contributed by atoms with Crippen LogP contribution in [0.5, 0.6) is 0 Å². The average molecular weight is 443 g/mol. The van der Waals surface area contributed by atoms with Gasteiger partial charge >= 0.3 is 45.9 Å². The molecular weight excluding hydrogens is 399 g/mol. The van der Waals surface area contributed by atoms with Gasteiger partial charge in [0.15, 0.2) is 0 Å². The largest absolute Gasteiger partial charge is 1.00 e. The maximum absolute atomic E-state index is 11.5. The summed E-state index contributed by atoms with van der Waals surface area (Å²) in [7, 11) is -4.18. The normalized spacial score (nSPS) is 11.5. The van der Waals surface area contributed by atoms with Gasteiger partial charge in [-0.05, 0) is 38.5 Å². The van der Waals surface area contributed by atoms with Crippen LogP contribution in [0.3, 0.4) is 0 Å². The summed E-state index contributed by atoms with van der Waals surface area (Å²) in [6.45, 7) is 4.23. The van der Waals surface area contributed by atoms with Gasteiger partial charge in [-0.3, -0.25) is 4.79 Å². The molecule has 0 spiro atoms. The van der Waals surface area contributed by atoms with Crippen LogP contribution in [-0.4, -0.2) is 21.0 Å². The molecule has 29 heavy (non-hydrogen) atoms. The van der Waals surface area contributed by atoms with Crippen molar-refractivity contribution in [2.75, 3.05) is 6.61 Å². The second-order valence-corrected chi connectivity index (χ2v) is 8.59. The zero-order valence-corrected chi connectivity index (χ0v) is 21.9. The second kappa shape index (κ2) is 22.8. The smallest absolute Gasteiger partial charge is 1.00 e. The van der Waals surface area contributed by atoms with Crippen LogP contribution in [-0.2, 0) is 23.6 Å². The molecule has 0 unspecified atom stereocenters. The fourth-order valence-electron chi connectivity index (χ4n) is 2.82. The minimum absolute atomic E-state index is 0. The van der Waals surface area contributed by atoms with Crippen LogP contribution in [0.25, 0.3) is 0 Å². The Kier molecular flexibility index (Phi) is 24.6. The monoisotopic (exact) mass is 442 g/mol. The van der Waals surface area contributed by atoms with Crippen LogP contribution in [0.15, 0.2) is 12.2 Å². The summed E-state index contributed by atoms with van der Waals surface area (Å²) in [6, 6.07) is 0. The summed E-state index contributed by atoms with van der Waals surface area (Å²) in [5, 5.41) is 0. The number of hydrogen-bond donors (Lipinski definition) is 0. The van der Waals surface area contributed by atoms with Gasteiger partial charge < -0.3 is 5.61 Å². The summed E-state index contributed by atoms with van der Waals surface area (Å²) in [5.41, 5.74) is 0. The third-order valence-corrected chi connectivity index (χ3v) is 5.41. The van der Waals surface area contributed by atoms with Crippen molar-refractivity contribution in [2.45, 2.75) is 117 Å². The van der Waals surface area contributed by atoms with Crippen molar-refractivity contribution >= 4 is 16.4 Å². The number of unbranched alkanes of at least 4 members (excludes halogenated alkanes) is 12. The molecule has 0 aliphatic heterocycles. The van der Waals surface area contributed by atoms with Crippen molar-refractivity contribution in [1.29, 1.82) is 0 Å². The molecule has 0 fully saturated rings. The fourth-order valence-corrected chi connectivity index (χ4v) is 3.51. The summed E-state index contributed by atoms with van der Waals surface area (Å²) in [6.07, 6.45) is 21.4. The molecule has 0 saturated heterocycles. The maximum atomic E-state index is 11.5. The summed E-state index contributed by atoms with van der Waals surface area (Å²) >= 11 is 0. The molecule has 0 bridgehead atoms. The van der Waals surface area contributed by atoms with Gasteiger partial charge in [-0.1, -0.05) is 83.8 Å². The molecule has 5 nitrogen and oxygen atoms in total. The molecule has 0 aliphatic carbocycles. The number of hydrogen-bond acceptors (Lipinski definition) is 5. The van der Waals surface area contributed by atoms with Crippen LogP contribution in [0, 0.1) is 0 Å². The van der Waals surface area contributed by atoms with Gasteiger partial charge in [0, 0.05) is 6.42 Å². The Balaban J connectivity index is -0.00000364. The zero-order chi connectivity index (χ0) is 20.9. The molecule has 0 rings (SSSR count). The molecule has 0 atom stereocenters. The van der Waals surface area contributed by atoms with Crippen LogP contribution in [0.4, 0.5) is 0 Å². The van der Waals surface area contributed by atoms with Crippen LogP contribution >= 0.6 is 0 Å². The van der Waals surface area contributed by atoms with E-state index in [-0.39, 0.29) is 44.0 Å². The van der Waals surface area contributed by atoms with Crippen molar-refractivity contribution in [2.24, 2.45) is 0 Å². The molecule has 0 radical (unpaired) electrons. The van der Waals surface area contributed by atoms with E-state index in [0.717, 1.165) is 38.5 Å². The van der Waals surface area contributed by atoms with Gasteiger partial charge in [0.1, 0.15) is 0 Å². The van der Waals surface area contributed by atoms with Gasteiger partial charge in [0.2, 0.25) is 0 Å². The Morgan fingerprint density at radius 1 is 0.759 bits per heavy atom. The molecule has 0 aromatic rings. The minimum atomic E-state index is -4.18. The molecule has 0 aromatic carbocycles. The third kappa shape index (κ3) is 24.3. The van der Waals surface area contributed by atoms with E-state index >= 15 is 0 Å². The first-order valence-corrected chi connectivity index (χ1v) is 12.6. The average Bonchev–Trinajstić information content (AvgIpc) is 2.64. The van der Waals surface area contributed by atoms with Crippen molar-refractivity contribution in [3.05, 3.63) is 12.2 Å². The van der Waals surface area contributed by atoms with Crippen molar-refractivity contribution in [3.8, 4) is 0 Å². The molecule has 168 valence electrons. The van der Waals surface area contributed by atoms with E-state index in [0.29, 0.717) is 12.8 Å². The topological polar surface area (TPSA) is 69.7 Å². The molecule has 0 saturated carbocycles. The summed E-state index contributed by atoms with van der Waals surface area (Å²) in [4.78, 5) is 11.5. The first-order chi connectivity index (χ1) is 13.5. The molecular formula is C22H43NaO5S. The van der Waals surface area contributed by atoms with Crippen LogP contribution in [0.2, 0.25) is 0 Å². The Morgan fingerprint density at radius 3 is 1.79 bits per heavy atom. The summed E-state index contributed by atoms with van der Waals surface area (Å²) < 4.78 is 31.8. The Bertz CT molecular complexity index is 498. The van der Waals surface area contributed by atoms with E-state index < -0.39 is 16.4 Å². The molecule has 0 heterocycles. The van der Waals surface area contributed by atoms with Crippen molar-refractivity contribution in [1.82, 2.24) is 0 Å². The van der Waals surface area contributed by atoms with Crippen molar-refractivity contribution in [3.63, 3.8) is 0 Å². The molecule has 0 aliphatic rings.